The predicted octanol–water partition coefficient (Wildman–Crippen LogP) is 1.73. The molecule has 1 aromatic carbocycles. The average molecular weight is 264 g/mol. The summed E-state index contributed by atoms with van der Waals surface area (Å²) in [5, 5.41) is 2.93. The summed E-state index contributed by atoms with van der Waals surface area (Å²) in [5.74, 6) is 1.37. The largest absolute Gasteiger partial charge is 0.497 e. The van der Waals surface area contributed by atoms with Crippen molar-refractivity contribution in [1.82, 2.24) is 5.32 Å². The van der Waals surface area contributed by atoms with Crippen LogP contribution in [0.15, 0.2) is 24.3 Å². The van der Waals surface area contributed by atoms with Crippen molar-refractivity contribution in [2.24, 2.45) is 11.7 Å². The third kappa shape index (κ3) is 6.25. The Bertz CT molecular complexity index is 376. The Morgan fingerprint density at radius 1 is 1.37 bits per heavy atom. The summed E-state index contributed by atoms with van der Waals surface area (Å²) >= 11 is 0. The van der Waals surface area contributed by atoms with Crippen LogP contribution in [0, 0.1) is 5.92 Å². The second kappa shape index (κ2) is 8.53. The third-order valence-corrected chi connectivity index (χ3v) is 3.16. The van der Waals surface area contributed by atoms with Crippen molar-refractivity contribution in [3.05, 3.63) is 29.8 Å². The summed E-state index contributed by atoms with van der Waals surface area (Å²) in [6, 6.07) is 7.89. The molecule has 1 amide bonds. The zero-order chi connectivity index (χ0) is 14.1. The van der Waals surface area contributed by atoms with Gasteiger partial charge >= 0.3 is 0 Å². The van der Waals surface area contributed by atoms with Gasteiger partial charge < -0.3 is 15.8 Å². The van der Waals surface area contributed by atoms with E-state index in [4.69, 9.17) is 10.5 Å². The first-order valence-electron chi connectivity index (χ1n) is 6.75. The molecular weight excluding hydrogens is 240 g/mol. The highest BCUT2D eigenvalue weighted by atomic mass is 16.5. The summed E-state index contributed by atoms with van der Waals surface area (Å²) < 4.78 is 5.10. The number of carbonyl (C=O) groups is 1. The smallest absolute Gasteiger partial charge is 0.220 e. The molecule has 4 heteroatoms. The van der Waals surface area contributed by atoms with Crippen molar-refractivity contribution >= 4 is 5.91 Å². The highest BCUT2D eigenvalue weighted by Gasteiger charge is 2.04. The first-order valence-corrected chi connectivity index (χ1v) is 6.75. The van der Waals surface area contributed by atoms with Gasteiger partial charge in [-0.2, -0.15) is 0 Å². The standard InChI is InChI=1S/C15H24N2O2/c1-12(11-16)3-8-15(18)17-10-9-13-4-6-14(19-2)7-5-13/h4-7,12H,3,8-11,16H2,1-2H3,(H,17,18). The SMILES string of the molecule is COc1ccc(CCNC(=O)CCC(C)CN)cc1. The van der Waals surface area contributed by atoms with E-state index < -0.39 is 0 Å². The Morgan fingerprint density at radius 3 is 2.63 bits per heavy atom. The van der Waals surface area contributed by atoms with Crippen LogP contribution in [0.1, 0.15) is 25.3 Å². The molecule has 19 heavy (non-hydrogen) atoms. The van der Waals surface area contributed by atoms with Crippen LogP contribution in [0.2, 0.25) is 0 Å². The van der Waals surface area contributed by atoms with Crippen LogP contribution in [-0.2, 0) is 11.2 Å². The van der Waals surface area contributed by atoms with Crippen LogP contribution >= 0.6 is 0 Å². The third-order valence-electron chi connectivity index (χ3n) is 3.16. The minimum atomic E-state index is 0.105. The molecule has 0 aliphatic heterocycles. The molecule has 0 saturated carbocycles. The maximum absolute atomic E-state index is 11.6. The van der Waals surface area contributed by atoms with E-state index in [0.717, 1.165) is 18.6 Å². The highest BCUT2D eigenvalue weighted by Crippen LogP contribution is 2.11. The lowest BCUT2D eigenvalue weighted by molar-refractivity contribution is -0.121. The van der Waals surface area contributed by atoms with E-state index in [1.165, 1.54) is 5.56 Å². The van der Waals surface area contributed by atoms with E-state index in [9.17, 15) is 4.79 Å². The molecule has 0 heterocycles. The average Bonchev–Trinajstić information content (AvgIpc) is 2.45. The van der Waals surface area contributed by atoms with Gasteiger partial charge in [0.2, 0.25) is 5.91 Å². The van der Waals surface area contributed by atoms with Crippen LogP contribution in [-0.4, -0.2) is 26.1 Å². The van der Waals surface area contributed by atoms with Gasteiger partial charge in [-0.25, -0.2) is 0 Å². The van der Waals surface area contributed by atoms with Gasteiger partial charge in [0.15, 0.2) is 0 Å². The van der Waals surface area contributed by atoms with Gasteiger partial charge in [-0.05, 0) is 43.0 Å². The molecule has 3 N–H and O–H groups in total. The van der Waals surface area contributed by atoms with E-state index in [1.807, 2.05) is 24.3 Å². The molecule has 1 aromatic rings. The molecule has 4 nitrogen and oxygen atoms in total. The van der Waals surface area contributed by atoms with Gasteiger partial charge in [-0.15, -0.1) is 0 Å². The van der Waals surface area contributed by atoms with Gasteiger partial charge in [0.05, 0.1) is 7.11 Å². The molecule has 106 valence electrons. The first kappa shape index (κ1) is 15.5. The van der Waals surface area contributed by atoms with Crippen LogP contribution in [0.4, 0.5) is 0 Å². The van der Waals surface area contributed by atoms with Gasteiger partial charge in [0.1, 0.15) is 5.75 Å². The van der Waals surface area contributed by atoms with E-state index in [2.05, 4.69) is 12.2 Å². The van der Waals surface area contributed by atoms with Crippen molar-refractivity contribution in [1.29, 1.82) is 0 Å². The molecule has 0 saturated heterocycles. The number of amides is 1. The molecule has 0 aliphatic carbocycles. The number of hydrogen-bond donors (Lipinski definition) is 2. The minimum Gasteiger partial charge on any atom is -0.497 e. The number of methoxy groups -OCH3 is 1. The number of rotatable bonds is 8. The summed E-state index contributed by atoms with van der Waals surface area (Å²) in [4.78, 5) is 11.6. The maximum Gasteiger partial charge on any atom is 0.220 e. The van der Waals surface area contributed by atoms with Crippen molar-refractivity contribution in [2.45, 2.75) is 26.2 Å². The Hall–Kier alpha value is -1.55. The van der Waals surface area contributed by atoms with E-state index in [0.29, 0.717) is 25.4 Å². The van der Waals surface area contributed by atoms with Crippen LogP contribution in [0.25, 0.3) is 0 Å². The zero-order valence-corrected chi connectivity index (χ0v) is 11.8. The predicted molar refractivity (Wildman–Crippen MR) is 77.2 cm³/mol. The zero-order valence-electron chi connectivity index (χ0n) is 11.8. The lowest BCUT2D eigenvalue weighted by atomic mass is 10.1. The Kier molecular flexibility index (Phi) is 6.97. The van der Waals surface area contributed by atoms with E-state index >= 15 is 0 Å². The van der Waals surface area contributed by atoms with Crippen LogP contribution < -0.4 is 15.8 Å². The maximum atomic E-state index is 11.6. The minimum absolute atomic E-state index is 0.105. The molecule has 0 radical (unpaired) electrons. The number of nitrogens with one attached hydrogen (secondary N) is 1. The lowest BCUT2D eigenvalue weighted by Crippen LogP contribution is -2.26. The monoisotopic (exact) mass is 264 g/mol. The number of benzene rings is 1. The number of hydrogen-bond acceptors (Lipinski definition) is 3. The van der Waals surface area contributed by atoms with Crippen molar-refractivity contribution in [3.8, 4) is 5.75 Å². The molecule has 0 aliphatic rings. The molecule has 1 unspecified atom stereocenters. The van der Waals surface area contributed by atoms with E-state index in [-0.39, 0.29) is 5.91 Å². The van der Waals surface area contributed by atoms with Crippen molar-refractivity contribution < 1.29 is 9.53 Å². The second-order valence-electron chi connectivity index (χ2n) is 4.83. The Morgan fingerprint density at radius 2 is 2.05 bits per heavy atom. The number of ether oxygens (including phenoxy) is 1. The summed E-state index contributed by atoms with van der Waals surface area (Å²) in [6.07, 6.45) is 2.24. The number of nitrogens with two attached hydrogens (primary N) is 1. The highest BCUT2D eigenvalue weighted by molar-refractivity contribution is 5.75. The quantitative estimate of drug-likeness (QED) is 0.751. The first-order chi connectivity index (χ1) is 9.15. The van der Waals surface area contributed by atoms with E-state index in [1.54, 1.807) is 7.11 Å². The van der Waals surface area contributed by atoms with Gasteiger partial charge in [-0.1, -0.05) is 19.1 Å². The summed E-state index contributed by atoms with van der Waals surface area (Å²) in [5.41, 5.74) is 6.71. The topological polar surface area (TPSA) is 64.3 Å². The fourth-order valence-corrected chi connectivity index (χ4v) is 1.72. The summed E-state index contributed by atoms with van der Waals surface area (Å²) in [7, 11) is 1.65. The lowest BCUT2D eigenvalue weighted by Gasteiger charge is -2.09. The van der Waals surface area contributed by atoms with Gasteiger partial charge in [0, 0.05) is 13.0 Å². The molecule has 0 aromatic heterocycles. The molecule has 1 rings (SSSR count). The second-order valence-corrected chi connectivity index (χ2v) is 4.83. The Labute approximate surface area is 115 Å². The molecule has 0 spiro atoms. The molecule has 0 bridgehead atoms. The van der Waals surface area contributed by atoms with Crippen molar-refractivity contribution in [3.63, 3.8) is 0 Å². The molecule has 0 fully saturated rings. The van der Waals surface area contributed by atoms with Gasteiger partial charge in [0.25, 0.3) is 0 Å². The molecular formula is C15H24N2O2. The van der Waals surface area contributed by atoms with Crippen LogP contribution in [0.3, 0.4) is 0 Å². The normalized spacial score (nSPS) is 11.9. The van der Waals surface area contributed by atoms with Crippen LogP contribution in [0.5, 0.6) is 5.75 Å². The molecule has 1 atom stereocenters. The fraction of sp³-hybridized carbons (Fsp3) is 0.533. The number of carbonyl (C=O) groups excluding carboxylic acids is 1. The van der Waals surface area contributed by atoms with Crippen molar-refractivity contribution in [2.75, 3.05) is 20.2 Å². The van der Waals surface area contributed by atoms with Gasteiger partial charge in [-0.3, -0.25) is 4.79 Å². The Balaban J connectivity index is 2.20. The fourth-order valence-electron chi connectivity index (χ4n) is 1.72. The summed E-state index contributed by atoms with van der Waals surface area (Å²) in [6.45, 7) is 3.37.